The van der Waals surface area contributed by atoms with E-state index in [1.54, 1.807) is 6.08 Å². The zero-order chi connectivity index (χ0) is 18.4. The Hall–Kier alpha value is -0.380. The topological polar surface area (TPSA) is 38.7 Å². The SMILES string of the molecule is CCCCCCCCCCCC[C@@H]1OC(C)(C)O[C@@H]1CC/C=C/CO. The number of aliphatic hydroxyl groups is 1. The van der Waals surface area contributed by atoms with Crippen LogP contribution in [-0.2, 0) is 9.47 Å². The molecule has 0 amide bonds. The number of allylic oxidation sites excluding steroid dienone is 1. The van der Waals surface area contributed by atoms with Gasteiger partial charge in [-0.3, -0.25) is 0 Å². The molecule has 0 saturated carbocycles. The molecule has 1 fully saturated rings. The first-order chi connectivity index (χ1) is 12.1. The molecule has 1 heterocycles. The smallest absolute Gasteiger partial charge is 0.163 e. The molecule has 3 nitrogen and oxygen atoms in total. The van der Waals surface area contributed by atoms with Crippen LogP contribution in [0.1, 0.15) is 104 Å². The van der Waals surface area contributed by atoms with Gasteiger partial charge >= 0.3 is 0 Å². The fourth-order valence-electron chi connectivity index (χ4n) is 3.68. The first-order valence-corrected chi connectivity index (χ1v) is 10.7. The van der Waals surface area contributed by atoms with Gasteiger partial charge in [0.1, 0.15) is 0 Å². The number of rotatable bonds is 15. The van der Waals surface area contributed by atoms with Gasteiger partial charge in [0.05, 0.1) is 18.8 Å². The Labute approximate surface area is 156 Å². The number of hydrogen-bond acceptors (Lipinski definition) is 3. The van der Waals surface area contributed by atoms with Gasteiger partial charge in [-0.25, -0.2) is 0 Å². The van der Waals surface area contributed by atoms with Gasteiger partial charge in [0.25, 0.3) is 0 Å². The first kappa shape index (κ1) is 22.7. The van der Waals surface area contributed by atoms with Crippen LogP contribution in [0, 0.1) is 0 Å². The molecule has 0 aliphatic carbocycles. The van der Waals surface area contributed by atoms with Crippen molar-refractivity contribution in [2.75, 3.05) is 6.61 Å². The summed E-state index contributed by atoms with van der Waals surface area (Å²) in [5.41, 5.74) is 0. The largest absolute Gasteiger partial charge is 0.392 e. The highest BCUT2D eigenvalue weighted by Crippen LogP contribution is 2.33. The van der Waals surface area contributed by atoms with Gasteiger partial charge in [-0.2, -0.15) is 0 Å². The molecule has 0 radical (unpaired) electrons. The molecular weight excluding hydrogens is 312 g/mol. The van der Waals surface area contributed by atoms with Crippen LogP contribution in [0.5, 0.6) is 0 Å². The molecule has 0 bridgehead atoms. The van der Waals surface area contributed by atoms with Gasteiger partial charge in [-0.05, 0) is 33.1 Å². The zero-order valence-electron chi connectivity index (χ0n) is 17.0. The number of aliphatic hydroxyl groups excluding tert-OH is 1. The summed E-state index contributed by atoms with van der Waals surface area (Å²) in [6, 6.07) is 0. The molecule has 148 valence electrons. The first-order valence-electron chi connectivity index (χ1n) is 10.7. The van der Waals surface area contributed by atoms with Crippen LogP contribution in [-0.4, -0.2) is 29.7 Å². The van der Waals surface area contributed by atoms with E-state index in [0.29, 0.717) is 0 Å². The third-order valence-corrected chi connectivity index (χ3v) is 5.02. The van der Waals surface area contributed by atoms with E-state index < -0.39 is 5.79 Å². The molecule has 1 N–H and O–H groups in total. The van der Waals surface area contributed by atoms with E-state index in [0.717, 1.165) is 19.3 Å². The Bertz CT molecular complexity index is 338. The maximum Gasteiger partial charge on any atom is 0.163 e. The normalized spacial score (nSPS) is 22.9. The summed E-state index contributed by atoms with van der Waals surface area (Å²) in [5, 5.41) is 8.81. The van der Waals surface area contributed by atoms with Crippen molar-refractivity contribution < 1.29 is 14.6 Å². The molecule has 25 heavy (non-hydrogen) atoms. The molecule has 1 aliphatic rings. The van der Waals surface area contributed by atoms with Crippen molar-refractivity contribution in [1.82, 2.24) is 0 Å². The Balaban J connectivity index is 2.09. The van der Waals surface area contributed by atoms with Gasteiger partial charge in [-0.1, -0.05) is 83.3 Å². The summed E-state index contributed by atoms with van der Waals surface area (Å²) >= 11 is 0. The van der Waals surface area contributed by atoms with E-state index in [9.17, 15) is 0 Å². The maximum atomic E-state index is 8.81. The van der Waals surface area contributed by atoms with Crippen molar-refractivity contribution >= 4 is 0 Å². The average molecular weight is 355 g/mol. The van der Waals surface area contributed by atoms with E-state index in [-0.39, 0.29) is 18.8 Å². The fraction of sp³-hybridized carbons (Fsp3) is 0.909. The van der Waals surface area contributed by atoms with Crippen molar-refractivity contribution in [3.8, 4) is 0 Å². The second-order valence-corrected chi connectivity index (χ2v) is 7.91. The molecule has 1 rings (SSSR count). The molecule has 0 unspecified atom stereocenters. The predicted molar refractivity (Wildman–Crippen MR) is 106 cm³/mol. The molecule has 0 aromatic rings. The second kappa shape index (κ2) is 13.8. The van der Waals surface area contributed by atoms with Crippen molar-refractivity contribution in [3.63, 3.8) is 0 Å². The lowest BCUT2D eigenvalue weighted by atomic mass is 10.0. The molecule has 1 saturated heterocycles. The van der Waals surface area contributed by atoms with Gasteiger partial charge in [0, 0.05) is 0 Å². The van der Waals surface area contributed by atoms with Gasteiger partial charge in [0.15, 0.2) is 5.79 Å². The van der Waals surface area contributed by atoms with Crippen LogP contribution in [0.25, 0.3) is 0 Å². The van der Waals surface area contributed by atoms with Crippen molar-refractivity contribution in [1.29, 1.82) is 0 Å². The van der Waals surface area contributed by atoms with Crippen LogP contribution in [0.4, 0.5) is 0 Å². The van der Waals surface area contributed by atoms with Gasteiger partial charge < -0.3 is 14.6 Å². The lowest BCUT2D eigenvalue weighted by molar-refractivity contribution is -0.147. The molecule has 0 aromatic heterocycles. The van der Waals surface area contributed by atoms with E-state index in [4.69, 9.17) is 14.6 Å². The summed E-state index contributed by atoms with van der Waals surface area (Å²) in [5.74, 6) is -0.450. The van der Waals surface area contributed by atoms with Gasteiger partial charge in [0.2, 0.25) is 0 Å². The molecular formula is C22H42O3. The Morgan fingerprint density at radius 2 is 1.28 bits per heavy atom. The number of unbranched alkanes of at least 4 members (excludes halogenated alkanes) is 9. The van der Waals surface area contributed by atoms with E-state index in [2.05, 4.69) is 6.92 Å². The summed E-state index contributed by atoms with van der Waals surface area (Å²) in [7, 11) is 0. The highest BCUT2D eigenvalue weighted by atomic mass is 16.7. The van der Waals surface area contributed by atoms with Crippen LogP contribution >= 0.6 is 0 Å². The minimum atomic E-state index is -0.450. The number of hydrogen-bond donors (Lipinski definition) is 1. The lowest BCUT2D eigenvalue weighted by Crippen LogP contribution is -2.22. The van der Waals surface area contributed by atoms with Crippen LogP contribution in [0.3, 0.4) is 0 Å². The molecule has 1 aliphatic heterocycles. The predicted octanol–water partition coefficient (Wildman–Crippen LogP) is 6.15. The minimum Gasteiger partial charge on any atom is -0.392 e. The number of ether oxygens (including phenoxy) is 2. The minimum absolute atomic E-state index is 0.121. The summed E-state index contributed by atoms with van der Waals surface area (Å²) in [4.78, 5) is 0. The molecule has 3 heteroatoms. The van der Waals surface area contributed by atoms with Crippen molar-refractivity contribution in [3.05, 3.63) is 12.2 Å². The van der Waals surface area contributed by atoms with Crippen LogP contribution in [0.15, 0.2) is 12.2 Å². The Morgan fingerprint density at radius 1 is 0.760 bits per heavy atom. The summed E-state index contributed by atoms with van der Waals surface area (Å²) in [6.07, 6.45) is 21.0. The van der Waals surface area contributed by atoms with E-state index in [1.807, 2.05) is 19.9 Å². The van der Waals surface area contributed by atoms with Crippen molar-refractivity contribution in [2.24, 2.45) is 0 Å². The monoisotopic (exact) mass is 354 g/mol. The standard InChI is InChI=1S/C22H42O3/c1-4-5-6-7-8-9-10-11-12-14-17-20-21(18-15-13-16-19-23)25-22(2,3)24-20/h13,16,20-21,23H,4-12,14-15,17-19H2,1-3H3/b16-13+/t20-,21+/m0/s1. The second-order valence-electron chi connectivity index (χ2n) is 7.91. The van der Waals surface area contributed by atoms with Crippen LogP contribution < -0.4 is 0 Å². The summed E-state index contributed by atoms with van der Waals surface area (Å²) in [6.45, 7) is 6.43. The average Bonchev–Trinajstić information content (AvgIpc) is 2.87. The van der Waals surface area contributed by atoms with E-state index in [1.165, 1.54) is 64.2 Å². The van der Waals surface area contributed by atoms with E-state index >= 15 is 0 Å². The highest BCUT2D eigenvalue weighted by molar-refractivity contribution is 4.86. The third-order valence-electron chi connectivity index (χ3n) is 5.02. The molecule has 0 aromatic carbocycles. The maximum absolute atomic E-state index is 8.81. The van der Waals surface area contributed by atoms with Crippen LogP contribution in [0.2, 0.25) is 0 Å². The highest BCUT2D eigenvalue weighted by Gasteiger charge is 2.40. The van der Waals surface area contributed by atoms with Crippen molar-refractivity contribution in [2.45, 2.75) is 122 Å². The Kier molecular flexibility index (Phi) is 12.5. The zero-order valence-corrected chi connectivity index (χ0v) is 17.0. The fourth-order valence-corrected chi connectivity index (χ4v) is 3.68. The third kappa shape index (κ3) is 11.0. The Morgan fingerprint density at radius 3 is 1.84 bits per heavy atom. The lowest BCUT2D eigenvalue weighted by Gasteiger charge is -2.16. The van der Waals surface area contributed by atoms with Gasteiger partial charge in [-0.15, -0.1) is 0 Å². The quantitative estimate of drug-likeness (QED) is 0.283. The summed E-state index contributed by atoms with van der Waals surface area (Å²) < 4.78 is 12.2. The molecule has 0 spiro atoms. The molecule has 2 atom stereocenters.